The van der Waals surface area contributed by atoms with Crippen molar-refractivity contribution in [1.29, 1.82) is 0 Å². The van der Waals surface area contributed by atoms with Crippen molar-refractivity contribution in [2.24, 2.45) is 23.7 Å². The molecule has 4 atom stereocenters. The Balaban J connectivity index is 1.23. The van der Waals surface area contributed by atoms with Gasteiger partial charge in [0.1, 0.15) is 12.3 Å². The number of nitrogens with zero attached hydrogens (tertiary/aromatic N) is 2. The maximum atomic E-state index is 13.6. The van der Waals surface area contributed by atoms with Gasteiger partial charge in [0.25, 0.3) is 17.7 Å². The summed E-state index contributed by atoms with van der Waals surface area (Å²) >= 11 is 5.99. The molecule has 0 unspecified atom stereocenters. The molecule has 8 nitrogen and oxygen atoms in total. The summed E-state index contributed by atoms with van der Waals surface area (Å²) in [5.74, 6) is -3.56. The molecule has 0 radical (unpaired) electrons. The summed E-state index contributed by atoms with van der Waals surface area (Å²) in [4.78, 5) is 66.5. The van der Waals surface area contributed by atoms with E-state index in [0.717, 1.165) is 22.0 Å². The predicted molar refractivity (Wildman–Crippen MR) is 149 cm³/mol. The average Bonchev–Trinajstić information content (AvgIpc) is 3.66. The standard InChI is InChI=1S/C32H25ClN2O6/c1-18-2-4-21(5-3-18)32(40)41-25-14-10-19(11-15-25)26(36)17-34(29(37)20-8-12-24(33)13-9-20)35-30(38)27-22-6-7-23(16-22)28(27)31(35)39/h2-15,22-23,27-28H,16-17H2,1H3/t22-,23-,27+,28+/m0/s1. The Kier molecular flexibility index (Phi) is 6.79. The van der Waals surface area contributed by atoms with E-state index in [9.17, 15) is 24.0 Å². The number of Topliss-reactive ketones (excluding diaryl/α,β-unsaturated/α-hetero) is 1. The Hall–Kier alpha value is -4.56. The van der Waals surface area contributed by atoms with E-state index in [1.807, 2.05) is 19.1 Å². The molecule has 3 aliphatic rings. The van der Waals surface area contributed by atoms with Gasteiger partial charge in [-0.15, -0.1) is 0 Å². The van der Waals surface area contributed by atoms with E-state index in [0.29, 0.717) is 10.6 Å². The number of esters is 1. The number of hydrogen-bond donors (Lipinski definition) is 0. The first-order valence-corrected chi connectivity index (χ1v) is 13.6. The molecule has 1 saturated heterocycles. The third-order valence-corrected chi connectivity index (χ3v) is 8.23. The molecule has 206 valence electrons. The summed E-state index contributed by atoms with van der Waals surface area (Å²) in [7, 11) is 0. The fourth-order valence-corrected chi connectivity index (χ4v) is 6.02. The monoisotopic (exact) mass is 568 g/mol. The van der Waals surface area contributed by atoms with Crippen LogP contribution in [0.4, 0.5) is 0 Å². The first-order valence-electron chi connectivity index (χ1n) is 13.3. The zero-order valence-electron chi connectivity index (χ0n) is 22.0. The largest absolute Gasteiger partial charge is 0.423 e. The Morgan fingerprint density at radius 3 is 1.93 bits per heavy atom. The molecular weight excluding hydrogens is 544 g/mol. The number of hydrazine groups is 1. The first-order chi connectivity index (χ1) is 19.7. The second kappa shape index (κ2) is 10.4. The summed E-state index contributed by atoms with van der Waals surface area (Å²) < 4.78 is 5.41. The lowest BCUT2D eigenvalue weighted by Gasteiger charge is -2.30. The molecular formula is C32H25ClN2O6. The van der Waals surface area contributed by atoms with Crippen molar-refractivity contribution in [3.8, 4) is 5.75 Å². The highest BCUT2D eigenvalue weighted by molar-refractivity contribution is 6.30. The summed E-state index contributed by atoms with van der Waals surface area (Å²) in [6, 6.07) is 18.9. The van der Waals surface area contributed by atoms with Gasteiger partial charge in [-0.05, 0) is 85.8 Å². The van der Waals surface area contributed by atoms with Crippen LogP contribution in [-0.2, 0) is 9.59 Å². The smallest absolute Gasteiger partial charge is 0.343 e. The third kappa shape index (κ3) is 4.85. The number of fused-ring (bicyclic) bond motifs is 5. The van der Waals surface area contributed by atoms with Gasteiger partial charge >= 0.3 is 5.97 Å². The van der Waals surface area contributed by atoms with E-state index in [1.54, 1.807) is 24.3 Å². The van der Waals surface area contributed by atoms with Crippen LogP contribution >= 0.6 is 11.6 Å². The Labute approximate surface area is 241 Å². The quantitative estimate of drug-likeness (QED) is 0.132. The van der Waals surface area contributed by atoms with Gasteiger partial charge in [0.05, 0.1) is 17.4 Å². The zero-order chi connectivity index (χ0) is 28.8. The number of amides is 3. The summed E-state index contributed by atoms with van der Waals surface area (Å²) in [6.45, 7) is 1.38. The van der Waals surface area contributed by atoms with Crippen molar-refractivity contribution in [1.82, 2.24) is 10.0 Å². The number of rotatable bonds is 7. The molecule has 2 bridgehead atoms. The lowest BCUT2D eigenvalue weighted by molar-refractivity contribution is -0.154. The van der Waals surface area contributed by atoms with Crippen molar-refractivity contribution in [2.75, 3.05) is 6.54 Å². The number of imide groups is 1. The van der Waals surface area contributed by atoms with Crippen LogP contribution in [0, 0.1) is 30.6 Å². The zero-order valence-corrected chi connectivity index (χ0v) is 22.8. The van der Waals surface area contributed by atoms with Gasteiger partial charge in [-0.25, -0.2) is 9.80 Å². The summed E-state index contributed by atoms with van der Waals surface area (Å²) in [5.41, 5.74) is 1.80. The topological polar surface area (TPSA) is 101 Å². The van der Waals surface area contributed by atoms with Gasteiger partial charge in [0, 0.05) is 16.1 Å². The highest BCUT2D eigenvalue weighted by Crippen LogP contribution is 2.52. The number of benzene rings is 3. The molecule has 41 heavy (non-hydrogen) atoms. The highest BCUT2D eigenvalue weighted by atomic mass is 35.5. The number of halogens is 1. The van der Waals surface area contributed by atoms with Crippen LogP contribution in [0.5, 0.6) is 5.75 Å². The van der Waals surface area contributed by atoms with Crippen LogP contribution < -0.4 is 4.74 Å². The first kappa shape index (κ1) is 26.7. The number of carbonyl (C=O) groups excluding carboxylic acids is 5. The molecule has 1 saturated carbocycles. The average molecular weight is 569 g/mol. The van der Waals surface area contributed by atoms with Gasteiger partial charge < -0.3 is 4.74 Å². The van der Waals surface area contributed by atoms with E-state index in [1.165, 1.54) is 48.5 Å². The number of ketones is 1. The molecule has 3 aromatic carbocycles. The van der Waals surface area contributed by atoms with Crippen LogP contribution in [0.25, 0.3) is 0 Å². The molecule has 2 aliphatic carbocycles. The van der Waals surface area contributed by atoms with Gasteiger partial charge in [-0.2, -0.15) is 5.01 Å². The van der Waals surface area contributed by atoms with E-state index < -0.39 is 47.9 Å². The molecule has 1 heterocycles. The number of ether oxygens (including phenoxy) is 1. The van der Waals surface area contributed by atoms with Crippen LogP contribution in [0.15, 0.2) is 84.9 Å². The second-order valence-corrected chi connectivity index (χ2v) is 11.0. The highest BCUT2D eigenvalue weighted by Gasteiger charge is 2.61. The molecule has 9 heteroatoms. The fourth-order valence-electron chi connectivity index (χ4n) is 5.89. The van der Waals surface area contributed by atoms with Crippen molar-refractivity contribution < 1.29 is 28.7 Å². The second-order valence-electron chi connectivity index (χ2n) is 10.6. The van der Waals surface area contributed by atoms with Gasteiger partial charge in [0.15, 0.2) is 5.78 Å². The van der Waals surface area contributed by atoms with E-state index in [-0.39, 0.29) is 28.7 Å². The van der Waals surface area contributed by atoms with E-state index >= 15 is 0 Å². The van der Waals surface area contributed by atoms with Crippen molar-refractivity contribution in [2.45, 2.75) is 13.3 Å². The van der Waals surface area contributed by atoms with Crippen molar-refractivity contribution in [3.05, 3.63) is 112 Å². The van der Waals surface area contributed by atoms with E-state index in [2.05, 4.69) is 0 Å². The minimum absolute atomic E-state index is 0.0511. The van der Waals surface area contributed by atoms with Gasteiger partial charge in [-0.3, -0.25) is 19.2 Å². The van der Waals surface area contributed by atoms with Crippen LogP contribution in [0.3, 0.4) is 0 Å². The Morgan fingerprint density at radius 1 is 0.805 bits per heavy atom. The molecule has 0 spiro atoms. The third-order valence-electron chi connectivity index (χ3n) is 7.98. The Bertz CT molecular complexity index is 1570. The normalized spacial score (nSPS) is 22.1. The van der Waals surface area contributed by atoms with Crippen LogP contribution in [-0.4, -0.2) is 46.0 Å². The minimum atomic E-state index is -0.666. The van der Waals surface area contributed by atoms with Gasteiger partial charge in [0.2, 0.25) is 0 Å². The maximum Gasteiger partial charge on any atom is 0.343 e. The van der Waals surface area contributed by atoms with Crippen LogP contribution in [0.1, 0.15) is 43.1 Å². The summed E-state index contributed by atoms with van der Waals surface area (Å²) in [6.07, 6.45) is 4.67. The Morgan fingerprint density at radius 2 is 1.34 bits per heavy atom. The molecule has 2 fully saturated rings. The molecule has 6 rings (SSSR count). The van der Waals surface area contributed by atoms with E-state index in [4.69, 9.17) is 16.3 Å². The maximum absolute atomic E-state index is 13.6. The number of carbonyl (C=O) groups is 5. The summed E-state index contributed by atoms with van der Waals surface area (Å²) in [5, 5.41) is 2.23. The number of hydrogen-bond acceptors (Lipinski definition) is 6. The molecule has 0 aromatic heterocycles. The SMILES string of the molecule is Cc1ccc(C(=O)Oc2ccc(C(=O)CN(C(=O)c3ccc(Cl)cc3)N3C(=O)[C@H]4[C@H](C3=O)[C@H]3C=C[C@H]4C3)cc2)cc1. The van der Waals surface area contributed by atoms with Gasteiger partial charge in [-0.1, -0.05) is 41.4 Å². The molecule has 3 amide bonds. The van der Waals surface area contributed by atoms with Crippen molar-refractivity contribution in [3.63, 3.8) is 0 Å². The fraction of sp³-hybridized carbons (Fsp3) is 0.219. The lowest BCUT2D eigenvalue weighted by atomic mass is 9.85. The molecule has 1 aliphatic heterocycles. The number of allylic oxidation sites excluding steroid dienone is 2. The molecule has 3 aromatic rings. The minimum Gasteiger partial charge on any atom is -0.423 e. The number of aryl methyl sites for hydroxylation is 1. The van der Waals surface area contributed by atoms with Crippen molar-refractivity contribution >= 4 is 41.1 Å². The predicted octanol–water partition coefficient (Wildman–Crippen LogP) is 4.91. The molecule has 0 N–H and O–H groups in total. The lowest BCUT2D eigenvalue weighted by Crippen LogP contribution is -2.52. The van der Waals surface area contributed by atoms with Crippen LogP contribution in [0.2, 0.25) is 5.02 Å².